The second-order valence-electron chi connectivity index (χ2n) is 5.17. The average molecular weight is 337 g/mol. The summed E-state index contributed by atoms with van der Waals surface area (Å²) in [4.78, 5) is 25.6. The summed E-state index contributed by atoms with van der Waals surface area (Å²) in [6.07, 6.45) is 6.62. The van der Waals surface area contributed by atoms with Gasteiger partial charge in [0.1, 0.15) is 6.10 Å². The minimum Gasteiger partial charge on any atom is -0.458 e. The Morgan fingerprint density at radius 1 is 1.35 bits per heavy atom. The molecule has 1 saturated heterocycles. The van der Waals surface area contributed by atoms with Gasteiger partial charge in [-0.15, -0.1) is 0 Å². The predicted octanol–water partition coefficient (Wildman–Crippen LogP) is 2.35. The molecule has 0 aliphatic carbocycles. The smallest absolute Gasteiger partial charge is 0.316 e. The van der Waals surface area contributed by atoms with Gasteiger partial charge in [-0.2, -0.15) is 0 Å². The van der Waals surface area contributed by atoms with Crippen LogP contribution in [0.1, 0.15) is 23.2 Å². The van der Waals surface area contributed by atoms with E-state index in [2.05, 4.69) is 15.0 Å². The number of ether oxygens (including phenoxy) is 1. The molecule has 1 fully saturated rings. The van der Waals surface area contributed by atoms with Crippen molar-refractivity contribution in [3.8, 4) is 6.01 Å². The van der Waals surface area contributed by atoms with E-state index in [9.17, 15) is 9.18 Å². The maximum absolute atomic E-state index is 13.7. The molecule has 1 amide bonds. The number of pyridine rings is 1. The Balaban J connectivity index is 1.67. The highest BCUT2D eigenvalue weighted by Gasteiger charge is 2.27. The zero-order valence-corrected chi connectivity index (χ0v) is 12.9. The van der Waals surface area contributed by atoms with Gasteiger partial charge in [0, 0.05) is 12.7 Å². The fraction of sp³-hybridized carbons (Fsp3) is 0.333. The molecule has 8 heteroatoms. The van der Waals surface area contributed by atoms with E-state index < -0.39 is 5.82 Å². The largest absolute Gasteiger partial charge is 0.458 e. The quantitative estimate of drug-likeness (QED) is 0.860. The normalized spacial score (nSPS) is 17.8. The van der Waals surface area contributed by atoms with E-state index in [4.69, 9.17) is 16.3 Å². The Morgan fingerprint density at radius 3 is 2.87 bits per heavy atom. The van der Waals surface area contributed by atoms with Crippen molar-refractivity contribution in [3.05, 3.63) is 47.3 Å². The number of halogens is 2. The summed E-state index contributed by atoms with van der Waals surface area (Å²) in [6, 6.07) is 1.59. The van der Waals surface area contributed by atoms with Crippen LogP contribution in [-0.4, -0.2) is 45.0 Å². The molecule has 2 aromatic rings. The van der Waals surface area contributed by atoms with Crippen LogP contribution in [0.15, 0.2) is 30.9 Å². The van der Waals surface area contributed by atoms with E-state index in [1.807, 2.05) is 0 Å². The van der Waals surface area contributed by atoms with Gasteiger partial charge in [0.2, 0.25) is 0 Å². The number of amides is 1. The molecule has 1 aliphatic heterocycles. The van der Waals surface area contributed by atoms with Crippen molar-refractivity contribution < 1.29 is 13.9 Å². The van der Waals surface area contributed by atoms with Gasteiger partial charge in [-0.25, -0.2) is 14.4 Å². The molecule has 0 spiro atoms. The molecule has 23 heavy (non-hydrogen) atoms. The number of rotatable bonds is 3. The Bertz CT molecular complexity index is 698. The fourth-order valence-electron chi connectivity index (χ4n) is 2.45. The molecule has 0 radical (unpaired) electrons. The SMILES string of the molecule is O=C(c1ccncc1F)N1CCCC(Oc2ncc(Cl)cn2)C1. The number of aromatic nitrogens is 3. The first-order valence-electron chi connectivity index (χ1n) is 7.16. The zero-order valence-electron chi connectivity index (χ0n) is 12.2. The fourth-order valence-corrected chi connectivity index (χ4v) is 2.55. The van der Waals surface area contributed by atoms with Crippen molar-refractivity contribution in [1.29, 1.82) is 0 Å². The maximum atomic E-state index is 13.7. The summed E-state index contributed by atoms with van der Waals surface area (Å²) in [5, 5.41) is 0.422. The van der Waals surface area contributed by atoms with E-state index in [0.29, 0.717) is 18.1 Å². The van der Waals surface area contributed by atoms with E-state index in [-0.39, 0.29) is 23.6 Å². The van der Waals surface area contributed by atoms with Gasteiger partial charge in [0.15, 0.2) is 5.82 Å². The number of carbonyl (C=O) groups excluding carboxylic acids is 1. The highest BCUT2D eigenvalue weighted by atomic mass is 35.5. The lowest BCUT2D eigenvalue weighted by molar-refractivity contribution is 0.0511. The molecule has 1 atom stereocenters. The van der Waals surface area contributed by atoms with Crippen molar-refractivity contribution in [3.63, 3.8) is 0 Å². The summed E-state index contributed by atoms with van der Waals surface area (Å²) in [7, 11) is 0. The number of hydrogen-bond donors (Lipinski definition) is 0. The molecule has 120 valence electrons. The maximum Gasteiger partial charge on any atom is 0.316 e. The van der Waals surface area contributed by atoms with Crippen molar-refractivity contribution in [1.82, 2.24) is 19.9 Å². The standard InChI is InChI=1S/C15H14ClFN4O2/c16-10-6-19-15(20-7-10)23-11-2-1-5-21(9-11)14(22)12-3-4-18-8-13(12)17/h3-4,6-8,11H,1-2,5,9H2. The van der Waals surface area contributed by atoms with Crippen LogP contribution >= 0.6 is 11.6 Å². The van der Waals surface area contributed by atoms with E-state index in [1.54, 1.807) is 4.90 Å². The van der Waals surface area contributed by atoms with Crippen molar-refractivity contribution in [2.75, 3.05) is 13.1 Å². The van der Waals surface area contributed by atoms with Gasteiger partial charge in [0.05, 0.1) is 35.7 Å². The van der Waals surface area contributed by atoms with Gasteiger partial charge in [-0.1, -0.05) is 11.6 Å². The number of carbonyl (C=O) groups is 1. The Hall–Kier alpha value is -2.28. The topological polar surface area (TPSA) is 68.2 Å². The van der Waals surface area contributed by atoms with Crippen LogP contribution in [0.25, 0.3) is 0 Å². The van der Waals surface area contributed by atoms with Gasteiger partial charge in [0.25, 0.3) is 5.91 Å². The minimum atomic E-state index is -0.624. The summed E-state index contributed by atoms with van der Waals surface area (Å²) in [5.41, 5.74) is 0.0170. The lowest BCUT2D eigenvalue weighted by atomic mass is 10.1. The first-order valence-corrected chi connectivity index (χ1v) is 7.54. The molecule has 0 bridgehead atoms. The molecule has 0 N–H and O–H groups in total. The van der Waals surface area contributed by atoms with Crippen LogP contribution in [0.5, 0.6) is 6.01 Å². The monoisotopic (exact) mass is 336 g/mol. The van der Waals surface area contributed by atoms with E-state index >= 15 is 0 Å². The molecule has 1 aliphatic rings. The van der Waals surface area contributed by atoms with Crippen LogP contribution in [0.2, 0.25) is 5.02 Å². The molecule has 0 saturated carbocycles. The Labute approximate surface area is 137 Å². The second kappa shape index (κ2) is 6.87. The minimum absolute atomic E-state index is 0.0170. The zero-order chi connectivity index (χ0) is 16.2. The molecule has 3 heterocycles. The molecular formula is C15H14ClFN4O2. The first-order chi connectivity index (χ1) is 11.1. The Morgan fingerprint density at radius 2 is 2.13 bits per heavy atom. The Kier molecular flexibility index (Phi) is 4.66. The molecule has 1 unspecified atom stereocenters. The van der Waals surface area contributed by atoms with Crippen molar-refractivity contribution >= 4 is 17.5 Å². The van der Waals surface area contributed by atoms with Gasteiger partial charge in [-0.3, -0.25) is 9.78 Å². The number of hydrogen-bond acceptors (Lipinski definition) is 5. The van der Waals surface area contributed by atoms with Crippen LogP contribution in [-0.2, 0) is 0 Å². The molecule has 3 rings (SSSR count). The van der Waals surface area contributed by atoms with Gasteiger partial charge >= 0.3 is 6.01 Å². The first kappa shape index (κ1) is 15.6. The van der Waals surface area contributed by atoms with Gasteiger partial charge in [-0.05, 0) is 18.9 Å². The number of piperidine rings is 1. The summed E-state index contributed by atoms with van der Waals surface area (Å²) >= 11 is 5.73. The van der Waals surface area contributed by atoms with Crippen molar-refractivity contribution in [2.24, 2.45) is 0 Å². The summed E-state index contributed by atoms with van der Waals surface area (Å²) < 4.78 is 19.4. The lowest BCUT2D eigenvalue weighted by Crippen LogP contribution is -2.44. The average Bonchev–Trinajstić information content (AvgIpc) is 2.57. The van der Waals surface area contributed by atoms with E-state index in [1.165, 1.54) is 24.7 Å². The second-order valence-corrected chi connectivity index (χ2v) is 5.61. The third-order valence-electron chi connectivity index (χ3n) is 3.54. The van der Waals surface area contributed by atoms with Crippen LogP contribution < -0.4 is 4.74 Å². The highest BCUT2D eigenvalue weighted by molar-refractivity contribution is 6.30. The third-order valence-corrected chi connectivity index (χ3v) is 3.73. The molecular weight excluding hydrogens is 323 g/mol. The lowest BCUT2D eigenvalue weighted by Gasteiger charge is -2.32. The number of nitrogens with zero attached hydrogens (tertiary/aromatic N) is 4. The molecule has 6 nitrogen and oxygen atoms in total. The predicted molar refractivity (Wildman–Crippen MR) is 80.8 cm³/mol. The van der Waals surface area contributed by atoms with Crippen LogP contribution in [0, 0.1) is 5.82 Å². The van der Waals surface area contributed by atoms with Crippen LogP contribution in [0.3, 0.4) is 0 Å². The molecule has 0 aromatic carbocycles. The molecule has 2 aromatic heterocycles. The third kappa shape index (κ3) is 3.73. The van der Waals surface area contributed by atoms with E-state index in [0.717, 1.165) is 19.0 Å². The summed E-state index contributed by atoms with van der Waals surface area (Å²) in [6.45, 7) is 0.911. The summed E-state index contributed by atoms with van der Waals surface area (Å²) in [5.74, 6) is -0.989. The van der Waals surface area contributed by atoms with Crippen molar-refractivity contribution in [2.45, 2.75) is 18.9 Å². The highest BCUT2D eigenvalue weighted by Crippen LogP contribution is 2.18. The number of likely N-dealkylation sites (tertiary alicyclic amines) is 1. The van der Waals surface area contributed by atoms with Gasteiger partial charge < -0.3 is 9.64 Å². The van der Waals surface area contributed by atoms with Crippen LogP contribution in [0.4, 0.5) is 4.39 Å².